The van der Waals surface area contributed by atoms with E-state index in [1.165, 1.54) is 12.1 Å². The van der Waals surface area contributed by atoms with Crippen LogP contribution in [0.4, 0.5) is 0 Å². The van der Waals surface area contributed by atoms with Crippen LogP contribution in [0.15, 0.2) is 18.2 Å². The number of benzene rings is 1. The number of carboxylic acid groups (broad SMARTS) is 1. The summed E-state index contributed by atoms with van der Waals surface area (Å²) in [5.41, 5.74) is 6.48. The van der Waals surface area contributed by atoms with E-state index in [-0.39, 0.29) is 43.2 Å². The third kappa shape index (κ3) is 12.2. The minimum absolute atomic E-state index is 0.0161. The molecule has 1 aromatic rings. The van der Waals surface area contributed by atoms with Gasteiger partial charge in [0.1, 0.15) is 6.04 Å². The maximum absolute atomic E-state index is 12.5. The number of ether oxygens (including phenoxy) is 3. The first-order valence-electron chi connectivity index (χ1n) is 13.1. The van der Waals surface area contributed by atoms with Gasteiger partial charge in [-0.15, -0.1) is 0 Å². The third-order valence-corrected chi connectivity index (χ3v) is 5.79. The topological polar surface area (TPSA) is 142 Å². The molecule has 3 N–H and O–H groups in total. The van der Waals surface area contributed by atoms with Crippen LogP contribution in [0.2, 0.25) is 0 Å². The monoisotopic (exact) mass is 521 g/mol. The Hall–Kier alpha value is -2.94. The second-order valence-corrected chi connectivity index (χ2v) is 10.3. The molecular weight excluding hydrogens is 478 g/mol. The van der Waals surface area contributed by atoms with Crippen LogP contribution in [0.25, 0.3) is 0 Å². The zero-order valence-electron chi connectivity index (χ0n) is 23.0. The van der Waals surface area contributed by atoms with Gasteiger partial charge in [-0.3, -0.25) is 19.2 Å². The van der Waals surface area contributed by atoms with Crippen LogP contribution in [0.1, 0.15) is 98.0 Å². The summed E-state index contributed by atoms with van der Waals surface area (Å²) in [7, 11) is 0. The number of esters is 3. The average Bonchev–Trinajstić information content (AvgIpc) is 2.80. The SMILES string of the molecule is CCCC(=O)OC(C)CC(c1ccc(OC(=O)CCC(C)C)c(OC(=O)CCC(C)C)c1)[C@H](N)C(=O)O. The smallest absolute Gasteiger partial charge is 0.321 e. The lowest BCUT2D eigenvalue weighted by Gasteiger charge is -2.25. The number of rotatable bonds is 16. The molecule has 3 atom stereocenters. The highest BCUT2D eigenvalue weighted by Gasteiger charge is 2.30. The van der Waals surface area contributed by atoms with E-state index in [0.717, 1.165) is 0 Å². The van der Waals surface area contributed by atoms with Crippen molar-refractivity contribution in [3.63, 3.8) is 0 Å². The minimum atomic E-state index is -1.31. The number of carboxylic acids is 1. The molecule has 208 valence electrons. The summed E-state index contributed by atoms with van der Waals surface area (Å²) in [6.45, 7) is 11.5. The molecule has 0 bridgehead atoms. The van der Waals surface area contributed by atoms with E-state index in [0.29, 0.717) is 36.7 Å². The van der Waals surface area contributed by atoms with Gasteiger partial charge in [0.05, 0.1) is 6.10 Å². The molecule has 37 heavy (non-hydrogen) atoms. The van der Waals surface area contributed by atoms with E-state index in [1.54, 1.807) is 13.0 Å². The summed E-state index contributed by atoms with van der Waals surface area (Å²) < 4.78 is 16.5. The number of hydrogen-bond donors (Lipinski definition) is 2. The number of carbonyl (C=O) groups excluding carboxylic acids is 3. The van der Waals surface area contributed by atoms with Crippen LogP contribution in [0.3, 0.4) is 0 Å². The molecule has 0 aliphatic heterocycles. The van der Waals surface area contributed by atoms with Crippen LogP contribution >= 0.6 is 0 Å². The molecule has 9 heteroatoms. The Kier molecular flexibility index (Phi) is 13.9. The average molecular weight is 522 g/mol. The van der Waals surface area contributed by atoms with E-state index in [1.807, 2.05) is 34.6 Å². The molecule has 9 nitrogen and oxygen atoms in total. The lowest BCUT2D eigenvalue weighted by atomic mass is 9.87. The maximum Gasteiger partial charge on any atom is 0.321 e. The van der Waals surface area contributed by atoms with Crippen molar-refractivity contribution < 1.29 is 38.5 Å². The lowest BCUT2D eigenvalue weighted by Crippen LogP contribution is -2.38. The zero-order chi connectivity index (χ0) is 28.1. The van der Waals surface area contributed by atoms with Gasteiger partial charge in [-0.25, -0.2) is 0 Å². The van der Waals surface area contributed by atoms with Gasteiger partial charge in [0.15, 0.2) is 11.5 Å². The first kappa shape index (κ1) is 32.1. The fourth-order valence-corrected chi connectivity index (χ4v) is 3.64. The lowest BCUT2D eigenvalue weighted by molar-refractivity contribution is -0.149. The van der Waals surface area contributed by atoms with Crippen molar-refractivity contribution >= 4 is 23.9 Å². The van der Waals surface area contributed by atoms with Gasteiger partial charge in [-0.1, -0.05) is 40.7 Å². The summed E-state index contributed by atoms with van der Waals surface area (Å²) in [5, 5.41) is 9.62. The molecule has 0 heterocycles. The Balaban J connectivity index is 3.30. The standard InChI is InChI=1S/C28H43NO8/c1-7-8-24(30)35-19(6)15-21(27(29)28(33)34)20-11-12-22(36-25(31)13-9-17(2)3)23(16-20)37-26(32)14-10-18(4)5/h11-12,16-19,21,27H,7-10,13-15,29H2,1-6H3,(H,33,34)/t19?,21?,27-/m0/s1. The first-order valence-corrected chi connectivity index (χ1v) is 13.1. The second kappa shape index (κ2) is 16.0. The van der Waals surface area contributed by atoms with Crippen molar-refractivity contribution in [1.82, 2.24) is 0 Å². The summed E-state index contributed by atoms with van der Waals surface area (Å²) in [5.74, 6) is -2.62. The van der Waals surface area contributed by atoms with Crippen molar-refractivity contribution in [2.24, 2.45) is 17.6 Å². The molecular formula is C28H43NO8. The van der Waals surface area contributed by atoms with Gasteiger partial charge in [-0.05, 0) is 62.1 Å². The molecule has 0 fully saturated rings. The Morgan fingerprint density at radius 2 is 1.38 bits per heavy atom. The van der Waals surface area contributed by atoms with Gasteiger partial charge >= 0.3 is 23.9 Å². The summed E-state index contributed by atoms with van der Waals surface area (Å²) in [4.78, 5) is 48.6. The Morgan fingerprint density at radius 1 is 0.838 bits per heavy atom. The van der Waals surface area contributed by atoms with Crippen LogP contribution in [-0.2, 0) is 23.9 Å². The highest BCUT2D eigenvalue weighted by molar-refractivity contribution is 5.77. The summed E-state index contributed by atoms with van der Waals surface area (Å²) in [6.07, 6.45) is 2.06. The van der Waals surface area contributed by atoms with E-state index >= 15 is 0 Å². The maximum atomic E-state index is 12.5. The number of nitrogens with two attached hydrogens (primary N) is 1. The molecule has 0 spiro atoms. The fourth-order valence-electron chi connectivity index (χ4n) is 3.64. The van der Waals surface area contributed by atoms with Gasteiger partial charge in [0.2, 0.25) is 0 Å². The predicted molar refractivity (Wildman–Crippen MR) is 139 cm³/mol. The molecule has 0 aliphatic rings. The molecule has 0 saturated carbocycles. The molecule has 2 unspecified atom stereocenters. The van der Waals surface area contributed by atoms with E-state index < -0.39 is 36.0 Å². The van der Waals surface area contributed by atoms with E-state index in [2.05, 4.69) is 0 Å². The predicted octanol–water partition coefficient (Wildman–Crippen LogP) is 4.99. The van der Waals surface area contributed by atoms with E-state index in [9.17, 15) is 24.3 Å². The van der Waals surface area contributed by atoms with Gasteiger partial charge in [0.25, 0.3) is 0 Å². The van der Waals surface area contributed by atoms with Crippen molar-refractivity contribution in [3.05, 3.63) is 23.8 Å². The molecule has 0 aliphatic carbocycles. The van der Waals surface area contributed by atoms with Gasteiger partial charge in [-0.2, -0.15) is 0 Å². The largest absolute Gasteiger partial charge is 0.480 e. The highest BCUT2D eigenvalue weighted by Crippen LogP contribution is 2.35. The summed E-state index contributed by atoms with van der Waals surface area (Å²) >= 11 is 0. The molecule has 0 radical (unpaired) electrons. The van der Waals surface area contributed by atoms with Gasteiger partial charge < -0.3 is 25.1 Å². The molecule has 0 amide bonds. The molecule has 1 rings (SSSR count). The van der Waals surface area contributed by atoms with Crippen LogP contribution in [0, 0.1) is 11.8 Å². The van der Waals surface area contributed by atoms with Crippen molar-refractivity contribution in [2.75, 3.05) is 0 Å². The van der Waals surface area contributed by atoms with E-state index in [4.69, 9.17) is 19.9 Å². The quantitative estimate of drug-likeness (QED) is 0.227. The Morgan fingerprint density at radius 3 is 1.86 bits per heavy atom. The second-order valence-electron chi connectivity index (χ2n) is 10.3. The van der Waals surface area contributed by atoms with Crippen LogP contribution < -0.4 is 15.2 Å². The minimum Gasteiger partial charge on any atom is -0.480 e. The fraction of sp³-hybridized carbons (Fsp3) is 0.643. The highest BCUT2D eigenvalue weighted by atomic mass is 16.6. The molecule has 1 aromatic carbocycles. The first-order chi connectivity index (χ1) is 17.3. The normalized spacial score (nSPS) is 13.6. The Bertz CT molecular complexity index is 911. The zero-order valence-corrected chi connectivity index (χ0v) is 23.0. The van der Waals surface area contributed by atoms with Crippen LogP contribution in [0.5, 0.6) is 11.5 Å². The summed E-state index contributed by atoms with van der Waals surface area (Å²) in [6, 6.07) is 3.23. The van der Waals surface area contributed by atoms with Crippen LogP contribution in [-0.4, -0.2) is 41.1 Å². The number of carbonyl (C=O) groups is 4. The Labute approximate surface area is 220 Å². The molecule has 0 aromatic heterocycles. The molecule has 0 saturated heterocycles. The van der Waals surface area contributed by atoms with Gasteiger partial charge in [0, 0.05) is 25.2 Å². The van der Waals surface area contributed by atoms with Crippen molar-refractivity contribution in [2.45, 2.75) is 105 Å². The number of aliphatic carboxylic acids is 1. The van der Waals surface area contributed by atoms with Crippen molar-refractivity contribution in [3.8, 4) is 11.5 Å². The number of hydrogen-bond acceptors (Lipinski definition) is 8. The third-order valence-electron chi connectivity index (χ3n) is 5.79. The van der Waals surface area contributed by atoms with Crippen molar-refractivity contribution in [1.29, 1.82) is 0 Å².